The van der Waals surface area contributed by atoms with Crippen LogP contribution in [0.2, 0.25) is 0 Å². The zero-order chi connectivity index (χ0) is 25.2. The highest BCUT2D eigenvalue weighted by Gasteiger charge is 2.30. The van der Waals surface area contributed by atoms with Crippen LogP contribution in [0.15, 0.2) is 78.9 Å². The molecule has 3 aliphatic carbocycles. The molecule has 188 valence electrons. The van der Waals surface area contributed by atoms with Gasteiger partial charge in [-0.1, -0.05) is 60.7 Å². The number of halogens is 3. The van der Waals surface area contributed by atoms with Gasteiger partial charge in [0.15, 0.2) is 12.3 Å². The number of benzene rings is 2. The van der Waals surface area contributed by atoms with E-state index in [1.54, 1.807) is 37.3 Å². The monoisotopic (exact) mass is 488 g/mol. The lowest BCUT2D eigenvalue weighted by Crippen LogP contribution is -2.22. The first kappa shape index (κ1) is 24.9. The van der Waals surface area contributed by atoms with Crippen LogP contribution in [-0.4, -0.2) is 12.3 Å². The molecule has 1 saturated carbocycles. The summed E-state index contributed by atoms with van der Waals surface area (Å²) in [6.45, 7) is 5.55. The van der Waals surface area contributed by atoms with Gasteiger partial charge in [-0.25, -0.2) is 13.2 Å². The molecule has 3 unspecified atom stereocenters. The number of alkyl halides is 2. The third-order valence-electron chi connectivity index (χ3n) is 8.65. The summed E-state index contributed by atoms with van der Waals surface area (Å²) in [6.07, 6.45) is 12.6. The molecule has 3 aliphatic rings. The minimum atomic E-state index is -1.66. The summed E-state index contributed by atoms with van der Waals surface area (Å²) in [6, 6.07) is 12.7. The fourth-order valence-electron chi connectivity index (χ4n) is 6.24. The number of hydrogen-bond acceptors (Lipinski definition) is 0. The molecule has 0 N–H and O–H groups in total. The minimum Gasteiger partial charge on any atom is -0.239 e. The van der Waals surface area contributed by atoms with Crippen molar-refractivity contribution in [3.8, 4) is 11.1 Å². The SMILES string of the molecule is C=CC1CCC(C2CC=C(c3ccc(-c4ccc(C5=CC=C(C)C(F)C5F)cc4)cc3F)CC2)CC1. The molecule has 36 heavy (non-hydrogen) atoms. The van der Waals surface area contributed by atoms with E-state index in [1.807, 2.05) is 24.3 Å². The standard InChI is InChI=1S/C33H35F3/c1-3-22-5-7-23(8-6-22)24-9-13-26(14-10-24)29-19-17-28(20-31(29)34)25-11-15-27(16-12-25)30-18-4-21(2)32(35)33(30)36/h3-4,11-13,15-20,22-24,32-33H,1,5-10,14H2,2H3. The largest absolute Gasteiger partial charge is 0.239 e. The van der Waals surface area contributed by atoms with Crippen LogP contribution in [0.4, 0.5) is 13.2 Å². The van der Waals surface area contributed by atoms with Crippen molar-refractivity contribution in [2.45, 2.75) is 64.2 Å². The van der Waals surface area contributed by atoms with Gasteiger partial charge < -0.3 is 0 Å². The number of allylic oxidation sites excluding steroid dienone is 7. The number of hydrogen-bond donors (Lipinski definition) is 0. The van der Waals surface area contributed by atoms with Crippen LogP contribution in [0.5, 0.6) is 0 Å². The third-order valence-corrected chi connectivity index (χ3v) is 8.65. The molecule has 3 heteroatoms. The van der Waals surface area contributed by atoms with E-state index in [0.29, 0.717) is 28.2 Å². The van der Waals surface area contributed by atoms with E-state index in [-0.39, 0.29) is 5.82 Å². The molecule has 0 saturated heterocycles. The highest BCUT2D eigenvalue weighted by Crippen LogP contribution is 2.42. The molecule has 0 spiro atoms. The van der Waals surface area contributed by atoms with Gasteiger partial charge in [-0.15, -0.1) is 6.58 Å². The molecule has 0 radical (unpaired) electrons. The summed E-state index contributed by atoms with van der Waals surface area (Å²) < 4.78 is 43.8. The Morgan fingerprint density at radius 2 is 1.50 bits per heavy atom. The first-order chi connectivity index (χ1) is 17.4. The van der Waals surface area contributed by atoms with Gasteiger partial charge in [0.2, 0.25) is 0 Å². The molecular weight excluding hydrogens is 453 g/mol. The Labute approximate surface area is 213 Å². The van der Waals surface area contributed by atoms with E-state index in [1.165, 1.54) is 25.7 Å². The van der Waals surface area contributed by atoms with Crippen LogP contribution in [0.25, 0.3) is 22.3 Å². The summed E-state index contributed by atoms with van der Waals surface area (Å²) in [4.78, 5) is 0. The van der Waals surface area contributed by atoms with Gasteiger partial charge >= 0.3 is 0 Å². The molecule has 0 bridgehead atoms. The molecular formula is C33H35F3. The third kappa shape index (κ3) is 5.03. The van der Waals surface area contributed by atoms with Crippen molar-refractivity contribution >= 4 is 11.1 Å². The first-order valence-electron chi connectivity index (χ1n) is 13.3. The lowest BCUT2D eigenvalue weighted by atomic mass is 9.71. The second kappa shape index (κ2) is 10.7. The molecule has 0 aliphatic heterocycles. The van der Waals surface area contributed by atoms with E-state index in [0.717, 1.165) is 47.8 Å². The minimum absolute atomic E-state index is 0.201. The molecule has 0 amide bonds. The van der Waals surface area contributed by atoms with E-state index in [9.17, 15) is 8.78 Å². The van der Waals surface area contributed by atoms with Gasteiger partial charge in [-0.05, 0) is 109 Å². The average Bonchev–Trinajstić information content (AvgIpc) is 2.92. The topological polar surface area (TPSA) is 0 Å². The zero-order valence-electron chi connectivity index (χ0n) is 21.0. The molecule has 2 aromatic carbocycles. The van der Waals surface area contributed by atoms with Crippen LogP contribution in [0.3, 0.4) is 0 Å². The summed E-state index contributed by atoms with van der Waals surface area (Å²) in [5.74, 6) is 2.00. The van der Waals surface area contributed by atoms with Gasteiger partial charge in [-0.2, -0.15) is 0 Å². The summed E-state index contributed by atoms with van der Waals surface area (Å²) in [7, 11) is 0. The van der Waals surface area contributed by atoms with Crippen molar-refractivity contribution in [3.63, 3.8) is 0 Å². The quantitative estimate of drug-likeness (QED) is 0.368. The fraction of sp³-hybridized carbons (Fsp3) is 0.394. The van der Waals surface area contributed by atoms with Crippen molar-refractivity contribution in [2.24, 2.45) is 17.8 Å². The van der Waals surface area contributed by atoms with E-state index in [2.05, 4.69) is 18.7 Å². The van der Waals surface area contributed by atoms with Crippen LogP contribution >= 0.6 is 0 Å². The van der Waals surface area contributed by atoms with Crippen molar-refractivity contribution in [1.82, 2.24) is 0 Å². The molecule has 0 aromatic heterocycles. The second-order valence-electron chi connectivity index (χ2n) is 10.8. The Morgan fingerprint density at radius 1 is 0.806 bits per heavy atom. The van der Waals surface area contributed by atoms with Crippen molar-refractivity contribution in [2.75, 3.05) is 0 Å². The Kier molecular flexibility index (Phi) is 7.37. The van der Waals surface area contributed by atoms with Crippen LogP contribution < -0.4 is 0 Å². The van der Waals surface area contributed by atoms with Gasteiger partial charge in [-0.3, -0.25) is 0 Å². The molecule has 0 nitrogen and oxygen atoms in total. The molecule has 2 aromatic rings. The lowest BCUT2D eigenvalue weighted by molar-refractivity contribution is 0.212. The lowest BCUT2D eigenvalue weighted by Gasteiger charge is -2.34. The van der Waals surface area contributed by atoms with Crippen molar-refractivity contribution in [3.05, 3.63) is 95.9 Å². The van der Waals surface area contributed by atoms with E-state index < -0.39 is 12.3 Å². The van der Waals surface area contributed by atoms with Crippen molar-refractivity contribution < 1.29 is 13.2 Å². The molecule has 3 atom stereocenters. The molecule has 1 fully saturated rings. The van der Waals surface area contributed by atoms with E-state index in [4.69, 9.17) is 0 Å². The summed E-state index contributed by atoms with van der Waals surface area (Å²) in [5, 5.41) is 0. The fourth-order valence-corrected chi connectivity index (χ4v) is 6.24. The van der Waals surface area contributed by atoms with Gasteiger partial charge in [0.25, 0.3) is 0 Å². The smallest absolute Gasteiger partial charge is 0.161 e. The van der Waals surface area contributed by atoms with Crippen LogP contribution in [0, 0.1) is 23.6 Å². The Bertz CT molecular complexity index is 1190. The van der Waals surface area contributed by atoms with Crippen LogP contribution in [-0.2, 0) is 0 Å². The normalized spacial score (nSPS) is 28.7. The maximum absolute atomic E-state index is 15.2. The average molecular weight is 489 g/mol. The summed E-state index contributed by atoms with van der Waals surface area (Å²) >= 11 is 0. The summed E-state index contributed by atoms with van der Waals surface area (Å²) in [5.41, 5.74) is 4.85. The Balaban J connectivity index is 1.27. The van der Waals surface area contributed by atoms with Gasteiger partial charge in [0.05, 0.1) is 0 Å². The Morgan fingerprint density at radius 3 is 2.14 bits per heavy atom. The maximum atomic E-state index is 15.2. The first-order valence-corrected chi connectivity index (χ1v) is 13.3. The predicted molar refractivity (Wildman–Crippen MR) is 144 cm³/mol. The van der Waals surface area contributed by atoms with E-state index >= 15 is 4.39 Å². The number of rotatable bonds is 5. The van der Waals surface area contributed by atoms with Crippen LogP contribution in [0.1, 0.15) is 63.0 Å². The Hall–Kier alpha value is -2.81. The maximum Gasteiger partial charge on any atom is 0.161 e. The van der Waals surface area contributed by atoms with Gasteiger partial charge in [0, 0.05) is 5.56 Å². The zero-order valence-corrected chi connectivity index (χ0v) is 21.0. The molecule has 0 heterocycles. The highest BCUT2D eigenvalue weighted by molar-refractivity contribution is 5.76. The second-order valence-corrected chi connectivity index (χ2v) is 10.8. The molecule has 5 rings (SSSR count). The predicted octanol–water partition coefficient (Wildman–Crippen LogP) is 9.69. The van der Waals surface area contributed by atoms with Crippen molar-refractivity contribution in [1.29, 1.82) is 0 Å². The highest BCUT2D eigenvalue weighted by atomic mass is 19.2. The van der Waals surface area contributed by atoms with Gasteiger partial charge in [0.1, 0.15) is 5.82 Å².